The van der Waals surface area contributed by atoms with Crippen LogP contribution in [0.1, 0.15) is 21.6 Å². The second-order valence-corrected chi connectivity index (χ2v) is 8.82. The summed E-state index contributed by atoms with van der Waals surface area (Å²) < 4.78 is 25.0. The van der Waals surface area contributed by atoms with Crippen LogP contribution in [-0.2, 0) is 9.84 Å². The van der Waals surface area contributed by atoms with Crippen LogP contribution < -0.4 is 5.32 Å². The summed E-state index contributed by atoms with van der Waals surface area (Å²) in [6, 6.07) is 13.4. The number of halogens is 1. The number of rotatable bonds is 4. The number of amides is 1. The van der Waals surface area contributed by atoms with Crippen molar-refractivity contribution in [3.63, 3.8) is 0 Å². The van der Waals surface area contributed by atoms with E-state index < -0.39 is 9.84 Å². The molecule has 0 unspecified atom stereocenters. The molecule has 0 fully saturated rings. The zero-order chi connectivity index (χ0) is 19.8. The van der Waals surface area contributed by atoms with Gasteiger partial charge in [0, 0.05) is 34.5 Å². The van der Waals surface area contributed by atoms with Gasteiger partial charge >= 0.3 is 0 Å². The summed E-state index contributed by atoms with van der Waals surface area (Å²) in [4.78, 5) is 12.8. The number of hydrogen-bond donors (Lipinski definition) is 1. The quantitative estimate of drug-likeness (QED) is 0.703. The molecule has 0 saturated heterocycles. The summed E-state index contributed by atoms with van der Waals surface area (Å²) >= 11 is 6.02. The number of nitrogens with one attached hydrogen (secondary N) is 1. The Kier molecular flexibility index (Phi) is 5.13. The minimum absolute atomic E-state index is 0.209. The van der Waals surface area contributed by atoms with Gasteiger partial charge < -0.3 is 9.88 Å². The van der Waals surface area contributed by atoms with E-state index in [1.165, 1.54) is 12.1 Å². The monoisotopic (exact) mass is 402 g/mol. The van der Waals surface area contributed by atoms with Crippen molar-refractivity contribution < 1.29 is 13.2 Å². The Hall–Kier alpha value is -2.57. The summed E-state index contributed by atoms with van der Waals surface area (Å²) in [7, 11) is -3.27. The average Bonchev–Trinajstić information content (AvgIpc) is 2.96. The molecule has 0 atom stereocenters. The zero-order valence-corrected chi connectivity index (χ0v) is 16.7. The fourth-order valence-electron chi connectivity index (χ4n) is 2.89. The van der Waals surface area contributed by atoms with E-state index in [2.05, 4.69) is 5.32 Å². The van der Waals surface area contributed by atoms with Crippen LogP contribution in [0.5, 0.6) is 0 Å². The van der Waals surface area contributed by atoms with Crippen LogP contribution in [-0.4, -0.2) is 25.1 Å². The molecule has 140 valence electrons. The number of carbonyl (C=O) groups is 1. The third-order valence-corrected chi connectivity index (χ3v) is 5.71. The van der Waals surface area contributed by atoms with E-state index in [9.17, 15) is 13.2 Å². The Morgan fingerprint density at radius 3 is 2.30 bits per heavy atom. The van der Waals surface area contributed by atoms with E-state index in [1.54, 1.807) is 18.2 Å². The number of aromatic nitrogens is 1. The highest BCUT2D eigenvalue weighted by Crippen LogP contribution is 2.23. The lowest BCUT2D eigenvalue weighted by molar-refractivity contribution is 0.102. The van der Waals surface area contributed by atoms with Crippen LogP contribution >= 0.6 is 11.6 Å². The highest BCUT2D eigenvalue weighted by Gasteiger charge is 2.15. The van der Waals surface area contributed by atoms with Gasteiger partial charge in [-0.3, -0.25) is 4.79 Å². The molecular formula is C20H19ClN2O3S. The number of sulfone groups is 1. The summed E-state index contributed by atoms with van der Waals surface area (Å²) in [6.45, 7) is 3.83. The molecule has 0 bridgehead atoms. The van der Waals surface area contributed by atoms with E-state index in [0.717, 1.165) is 23.2 Å². The van der Waals surface area contributed by atoms with Crippen molar-refractivity contribution >= 4 is 33.0 Å². The maximum absolute atomic E-state index is 12.6. The SMILES string of the molecule is Cc1cc(Cl)ccc1-n1ccc(C(=O)Nc2ccc(S(C)(=O)=O)cc2)c1C. The van der Waals surface area contributed by atoms with Crippen molar-refractivity contribution in [2.45, 2.75) is 18.7 Å². The Morgan fingerprint density at radius 1 is 1.04 bits per heavy atom. The van der Waals surface area contributed by atoms with Crippen LogP contribution in [0.2, 0.25) is 5.02 Å². The van der Waals surface area contributed by atoms with Crippen LogP contribution in [0.25, 0.3) is 5.69 Å². The summed E-state index contributed by atoms with van der Waals surface area (Å²) in [5.74, 6) is -0.259. The van der Waals surface area contributed by atoms with Crippen LogP contribution in [0.3, 0.4) is 0 Å². The Labute approximate surface area is 163 Å². The molecule has 3 aromatic rings. The summed E-state index contributed by atoms with van der Waals surface area (Å²) in [5.41, 5.74) is 3.82. The molecule has 0 radical (unpaired) electrons. The Morgan fingerprint density at radius 2 is 1.70 bits per heavy atom. The van der Waals surface area contributed by atoms with Gasteiger partial charge in [-0.05, 0) is 67.9 Å². The predicted octanol–water partition coefficient (Wildman–Crippen LogP) is 4.40. The lowest BCUT2D eigenvalue weighted by Gasteiger charge is -2.11. The van der Waals surface area contributed by atoms with Crippen LogP contribution in [0.15, 0.2) is 59.6 Å². The van der Waals surface area contributed by atoms with E-state index in [-0.39, 0.29) is 10.8 Å². The highest BCUT2D eigenvalue weighted by molar-refractivity contribution is 7.90. The second-order valence-electron chi connectivity index (χ2n) is 6.37. The second kappa shape index (κ2) is 7.21. The zero-order valence-electron chi connectivity index (χ0n) is 15.2. The Balaban J connectivity index is 1.85. The van der Waals surface area contributed by atoms with Gasteiger partial charge in [0.25, 0.3) is 5.91 Å². The van der Waals surface area contributed by atoms with E-state index in [4.69, 9.17) is 11.6 Å². The molecule has 0 saturated carbocycles. The molecule has 1 N–H and O–H groups in total. The van der Waals surface area contributed by atoms with Crippen molar-refractivity contribution in [1.82, 2.24) is 4.57 Å². The van der Waals surface area contributed by atoms with Gasteiger partial charge in [0.15, 0.2) is 9.84 Å². The molecule has 3 rings (SSSR count). The first-order valence-electron chi connectivity index (χ1n) is 8.23. The first-order valence-corrected chi connectivity index (χ1v) is 10.5. The first kappa shape index (κ1) is 19.2. The van der Waals surface area contributed by atoms with Crippen molar-refractivity contribution in [3.05, 3.63) is 76.6 Å². The lowest BCUT2D eigenvalue weighted by Crippen LogP contribution is -2.13. The van der Waals surface area contributed by atoms with E-state index >= 15 is 0 Å². The van der Waals surface area contributed by atoms with Crippen molar-refractivity contribution in [1.29, 1.82) is 0 Å². The van der Waals surface area contributed by atoms with Gasteiger partial charge in [-0.2, -0.15) is 0 Å². The van der Waals surface area contributed by atoms with Gasteiger partial charge in [-0.15, -0.1) is 0 Å². The molecular weight excluding hydrogens is 384 g/mol. The average molecular weight is 403 g/mol. The topological polar surface area (TPSA) is 68.2 Å². The first-order chi connectivity index (χ1) is 12.7. The molecule has 5 nitrogen and oxygen atoms in total. The normalized spacial score (nSPS) is 11.4. The van der Waals surface area contributed by atoms with Gasteiger partial charge in [0.05, 0.1) is 10.5 Å². The predicted molar refractivity (Wildman–Crippen MR) is 108 cm³/mol. The molecule has 27 heavy (non-hydrogen) atoms. The fourth-order valence-corrected chi connectivity index (χ4v) is 3.74. The molecule has 0 aliphatic heterocycles. The van der Waals surface area contributed by atoms with Crippen molar-refractivity contribution in [2.75, 3.05) is 11.6 Å². The molecule has 1 aromatic heterocycles. The fraction of sp³-hybridized carbons (Fsp3) is 0.150. The largest absolute Gasteiger partial charge is 0.322 e. The standard InChI is InChI=1S/C20H19ClN2O3S/c1-13-12-15(21)4-9-19(13)23-11-10-18(14(23)2)20(24)22-16-5-7-17(8-6-16)27(3,25)26/h4-12H,1-3H3,(H,22,24). The number of carbonyl (C=O) groups excluding carboxylic acids is 1. The van der Waals surface area contributed by atoms with E-state index in [0.29, 0.717) is 16.3 Å². The van der Waals surface area contributed by atoms with Gasteiger partial charge in [0.2, 0.25) is 0 Å². The molecule has 0 aliphatic rings. The minimum Gasteiger partial charge on any atom is -0.322 e. The number of hydrogen-bond acceptors (Lipinski definition) is 3. The lowest BCUT2D eigenvalue weighted by atomic mass is 10.2. The number of anilines is 1. The third kappa shape index (κ3) is 4.07. The van der Waals surface area contributed by atoms with Gasteiger partial charge in [0.1, 0.15) is 0 Å². The maximum Gasteiger partial charge on any atom is 0.257 e. The smallest absolute Gasteiger partial charge is 0.257 e. The van der Waals surface area contributed by atoms with Crippen LogP contribution in [0.4, 0.5) is 5.69 Å². The number of nitrogens with zero attached hydrogens (tertiary/aromatic N) is 1. The van der Waals surface area contributed by atoms with Gasteiger partial charge in [-0.1, -0.05) is 11.6 Å². The molecule has 0 aliphatic carbocycles. The number of benzene rings is 2. The molecule has 1 amide bonds. The number of aryl methyl sites for hydroxylation is 1. The van der Waals surface area contributed by atoms with Crippen molar-refractivity contribution in [2.24, 2.45) is 0 Å². The summed E-state index contributed by atoms with van der Waals surface area (Å²) in [6.07, 6.45) is 2.98. The Bertz CT molecular complexity index is 1120. The van der Waals surface area contributed by atoms with E-state index in [1.807, 2.05) is 42.8 Å². The molecule has 2 aromatic carbocycles. The minimum atomic E-state index is -3.27. The molecule has 1 heterocycles. The van der Waals surface area contributed by atoms with Gasteiger partial charge in [-0.25, -0.2) is 8.42 Å². The molecule has 0 spiro atoms. The van der Waals surface area contributed by atoms with Crippen molar-refractivity contribution in [3.8, 4) is 5.69 Å². The highest BCUT2D eigenvalue weighted by atomic mass is 35.5. The van der Waals surface area contributed by atoms with Crippen LogP contribution in [0, 0.1) is 13.8 Å². The summed E-state index contributed by atoms with van der Waals surface area (Å²) in [5, 5.41) is 3.46. The third-order valence-electron chi connectivity index (χ3n) is 4.34. The maximum atomic E-state index is 12.6. The molecule has 7 heteroatoms.